The van der Waals surface area contributed by atoms with Crippen LogP contribution in [0.15, 0.2) is 18.2 Å². The van der Waals surface area contributed by atoms with Crippen LogP contribution in [0.25, 0.3) is 0 Å². The van der Waals surface area contributed by atoms with Crippen LogP contribution in [0.2, 0.25) is 0 Å². The highest BCUT2D eigenvalue weighted by molar-refractivity contribution is 5.27. The van der Waals surface area contributed by atoms with Gasteiger partial charge in [0.25, 0.3) is 0 Å². The Bertz CT molecular complexity index is 409. The zero-order valence-electron chi connectivity index (χ0n) is 11.1. The molecule has 0 bridgehead atoms. The van der Waals surface area contributed by atoms with Gasteiger partial charge in [0.15, 0.2) is 0 Å². The maximum absolute atomic E-state index is 13.5. The highest BCUT2D eigenvalue weighted by atomic mass is 19.1. The minimum atomic E-state index is -0.986. The number of hydrogen-bond donors (Lipinski definition) is 1. The number of hydrogen-bond acceptors (Lipinski definition) is 2. The van der Waals surface area contributed by atoms with Crippen molar-refractivity contribution in [3.63, 3.8) is 0 Å². The predicted molar refractivity (Wildman–Crippen MR) is 68.9 cm³/mol. The van der Waals surface area contributed by atoms with Crippen LogP contribution in [0, 0.1) is 12.7 Å². The Hall–Kier alpha value is -0.930. The van der Waals surface area contributed by atoms with Gasteiger partial charge in [-0.2, -0.15) is 0 Å². The number of aryl methyl sites for hydroxylation is 1. The largest absolute Gasteiger partial charge is 0.385 e. The van der Waals surface area contributed by atoms with E-state index >= 15 is 0 Å². The highest BCUT2D eigenvalue weighted by Gasteiger charge is 2.26. The molecule has 0 saturated carbocycles. The average molecular weight is 252 g/mol. The van der Waals surface area contributed by atoms with Crippen LogP contribution < -0.4 is 0 Å². The second kappa shape index (κ2) is 5.37. The van der Waals surface area contributed by atoms with Crippen molar-refractivity contribution in [2.45, 2.75) is 51.2 Å². The first kappa shape index (κ1) is 13.5. The summed E-state index contributed by atoms with van der Waals surface area (Å²) >= 11 is 0. The van der Waals surface area contributed by atoms with Crippen LogP contribution in [0.1, 0.15) is 43.7 Å². The van der Waals surface area contributed by atoms with E-state index in [4.69, 9.17) is 4.74 Å². The topological polar surface area (TPSA) is 29.5 Å². The fraction of sp³-hybridized carbons (Fsp3) is 0.600. The average Bonchev–Trinajstić information content (AvgIpc) is 2.83. The Morgan fingerprint density at radius 1 is 1.50 bits per heavy atom. The molecule has 18 heavy (non-hydrogen) atoms. The first-order chi connectivity index (χ1) is 8.49. The lowest BCUT2D eigenvalue weighted by atomic mass is 9.89. The van der Waals surface area contributed by atoms with Crippen molar-refractivity contribution >= 4 is 0 Å². The van der Waals surface area contributed by atoms with E-state index in [1.54, 1.807) is 26.0 Å². The second-order valence-corrected chi connectivity index (χ2v) is 5.41. The van der Waals surface area contributed by atoms with E-state index in [-0.39, 0.29) is 11.9 Å². The third-order valence-electron chi connectivity index (χ3n) is 3.77. The van der Waals surface area contributed by atoms with Crippen molar-refractivity contribution in [2.24, 2.45) is 0 Å². The van der Waals surface area contributed by atoms with Gasteiger partial charge in [0.05, 0.1) is 11.7 Å². The molecule has 100 valence electrons. The third-order valence-corrected chi connectivity index (χ3v) is 3.77. The minimum Gasteiger partial charge on any atom is -0.385 e. The van der Waals surface area contributed by atoms with Crippen LogP contribution in [0.4, 0.5) is 4.39 Å². The molecule has 0 aliphatic carbocycles. The molecule has 1 aliphatic rings. The summed E-state index contributed by atoms with van der Waals surface area (Å²) < 4.78 is 19.1. The smallest absolute Gasteiger partial charge is 0.126 e. The lowest BCUT2D eigenvalue weighted by Crippen LogP contribution is -2.23. The summed E-state index contributed by atoms with van der Waals surface area (Å²) in [6.07, 6.45) is 3.85. The van der Waals surface area contributed by atoms with Gasteiger partial charge < -0.3 is 9.84 Å². The van der Waals surface area contributed by atoms with E-state index in [1.807, 2.05) is 0 Å². The van der Waals surface area contributed by atoms with Crippen LogP contribution in [0.5, 0.6) is 0 Å². The molecule has 2 unspecified atom stereocenters. The van der Waals surface area contributed by atoms with Crippen LogP contribution >= 0.6 is 0 Å². The van der Waals surface area contributed by atoms with Gasteiger partial charge in [-0.05, 0) is 56.7 Å². The van der Waals surface area contributed by atoms with E-state index in [9.17, 15) is 9.50 Å². The minimum absolute atomic E-state index is 0.256. The number of benzene rings is 1. The third kappa shape index (κ3) is 3.09. The molecule has 0 spiro atoms. The van der Waals surface area contributed by atoms with Crippen LogP contribution in [-0.4, -0.2) is 17.8 Å². The fourth-order valence-corrected chi connectivity index (χ4v) is 2.39. The van der Waals surface area contributed by atoms with Crippen molar-refractivity contribution in [3.05, 3.63) is 35.1 Å². The molecule has 3 heteroatoms. The van der Waals surface area contributed by atoms with Gasteiger partial charge in [-0.25, -0.2) is 4.39 Å². The van der Waals surface area contributed by atoms with E-state index < -0.39 is 5.60 Å². The van der Waals surface area contributed by atoms with Gasteiger partial charge >= 0.3 is 0 Å². The Morgan fingerprint density at radius 2 is 2.28 bits per heavy atom. The predicted octanol–water partition coefficient (Wildman–Crippen LogP) is 3.30. The van der Waals surface area contributed by atoms with Crippen molar-refractivity contribution in [2.75, 3.05) is 6.61 Å². The normalized spacial score (nSPS) is 23.0. The van der Waals surface area contributed by atoms with Crippen molar-refractivity contribution in [3.8, 4) is 0 Å². The molecular formula is C15H21FO2. The molecule has 0 radical (unpaired) electrons. The fourth-order valence-electron chi connectivity index (χ4n) is 2.39. The highest BCUT2D eigenvalue weighted by Crippen LogP contribution is 2.30. The summed E-state index contributed by atoms with van der Waals surface area (Å²) in [7, 11) is 0. The monoisotopic (exact) mass is 252 g/mol. The van der Waals surface area contributed by atoms with E-state index in [2.05, 4.69) is 0 Å². The van der Waals surface area contributed by atoms with Gasteiger partial charge in [0.2, 0.25) is 0 Å². The molecule has 1 N–H and O–H groups in total. The first-order valence-corrected chi connectivity index (χ1v) is 6.60. The summed E-state index contributed by atoms with van der Waals surface area (Å²) in [5, 5.41) is 10.4. The lowest BCUT2D eigenvalue weighted by Gasteiger charge is -2.25. The summed E-state index contributed by atoms with van der Waals surface area (Å²) in [5.41, 5.74) is 0.262. The molecule has 1 fully saturated rings. The van der Waals surface area contributed by atoms with E-state index in [0.29, 0.717) is 17.5 Å². The van der Waals surface area contributed by atoms with Crippen molar-refractivity contribution in [1.82, 2.24) is 0 Å². The molecule has 1 aliphatic heterocycles. The molecule has 2 nitrogen and oxygen atoms in total. The molecule has 0 aromatic heterocycles. The molecule has 2 rings (SSSR count). The standard InChI is InChI=1S/C15H21FO2/c1-11-5-6-12(10-14(11)16)15(2,17)8-7-13-4-3-9-18-13/h5-6,10,13,17H,3-4,7-9H2,1-2H3. The maximum atomic E-state index is 13.5. The quantitative estimate of drug-likeness (QED) is 0.891. The zero-order valence-corrected chi connectivity index (χ0v) is 11.1. The number of ether oxygens (including phenoxy) is 1. The van der Waals surface area contributed by atoms with Gasteiger partial charge in [-0.1, -0.05) is 12.1 Å². The van der Waals surface area contributed by atoms with Gasteiger partial charge in [-0.15, -0.1) is 0 Å². The summed E-state index contributed by atoms with van der Waals surface area (Å²) in [6.45, 7) is 4.29. The lowest BCUT2D eigenvalue weighted by molar-refractivity contribution is 0.0218. The summed E-state index contributed by atoms with van der Waals surface area (Å²) in [6, 6.07) is 4.95. The molecule has 1 heterocycles. The molecule has 2 atom stereocenters. The maximum Gasteiger partial charge on any atom is 0.126 e. The second-order valence-electron chi connectivity index (χ2n) is 5.41. The summed E-state index contributed by atoms with van der Waals surface area (Å²) in [5.74, 6) is -0.259. The Balaban J connectivity index is 2.01. The first-order valence-electron chi connectivity index (χ1n) is 6.60. The number of halogens is 1. The van der Waals surface area contributed by atoms with Gasteiger partial charge in [-0.3, -0.25) is 0 Å². The molecule has 1 saturated heterocycles. The molecule has 0 amide bonds. The van der Waals surface area contributed by atoms with Crippen LogP contribution in [-0.2, 0) is 10.3 Å². The SMILES string of the molecule is Cc1ccc(C(C)(O)CCC2CCCO2)cc1F. The molecular weight excluding hydrogens is 231 g/mol. The van der Waals surface area contributed by atoms with Gasteiger partial charge in [0, 0.05) is 6.61 Å². The van der Waals surface area contributed by atoms with Crippen molar-refractivity contribution < 1.29 is 14.2 Å². The van der Waals surface area contributed by atoms with Crippen molar-refractivity contribution in [1.29, 1.82) is 0 Å². The summed E-state index contributed by atoms with van der Waals surface area (Å²) in [4.78, 5) is 0. The number of rotatable bonds is 4. The van der Waals surface area contributed by atoms with E-state index in [1.165, 1.54) is 6.07 Å². The molecule has 1 aromatic rings. The van der Waals surface area contributed by atoms with Gasteiger partial charge in [0.1, 0.15) is 5.82 Å². The van der Waals surface area contributed by atoms with E-state index in [0.717, 1.165) is 25.9 Å². The Kier molecular flexibility index (Phi) is 4.03. The number of aliphatic hydroxyl groups is 1. The zero-order chi connectivity index (χ0) is 13.2. The van der Waals surface area contributed by atoms with Crippen LogP contribution in [0.3, 0.4) is 0 Å². The molecule has 1 aromatic carbocycles. The Morgan fingerprint density at radius 3 is 2.89 bits per heavy atom. The Labute approximate surface area is 108 Å².